The second kappa shape index (κ2) is 12.2. The van der Waals surface area contributed by atoms with Gasteiger partial charge in [0.1, 0.15) is 11.6 Å². The van der Waals surface area contributed by atoms with Crippen molar-refractivity contribution in [1.82, 2.24) is 0 Å². The number of allylic oxidation sites excluding steroid dienone is 1. The summed E-state index contributed by atoms with van der Waals surface area (Å²) in [6, 6.07) is 12.2. The van der Waals surface area contributed by atoms with Crippen molar-refractivity contribution in [3.63, 3.8) is 0 Å². The molecule has 0 aliphatic heterocycles. The molecule has 9 heteroatoms. The van der Waals surface area contributed by atoms with Crippen LogP contribution in [-0.4, -0.2) is 34.2 Å². The molecule has 3 rings (SSSR count). The van der Waals surface area contributed by atoms with Crippen molar-refractivity contribution in [3.05, 3.63) is 88.2 Å². The quantitative estimate of drug-likeness (QED) is 0.147. The lowest BCUT2D eigenvalue weighted by molar-refractivity contribution is 0.104. The largest absolute Gasteiger partial charge is 0.494 e. The number of rotatable bonds is 11. The molecule has 8 nitrogen and oxygen atoms in total. The molecule has 0 aromatic heterocycles. The Labute approximate surface area is 207 Å². The first-order valence-corrected chi connectivity index (χ1v) is 10.7. The Kier molecular flexibility index (Phi) is 8.77. The predicted octanol–water partition coefficient (Wildman–Crippen LogP) is 6.24. The fourth-order valence-electron chi connectivity index (χ4n) is 3.46. The maximum Gasteiger partial charge on any atom is 0.203 e. The van der Waals surface area contributed by atoms with Crippen LogP contribution in [0.2, 0.25) is 0 Å². The number of hydrogen-bond acceptors (Lipinski definition) is 8. The van der Waals surface area contributed by atoms with Crippen LogP contribution in [0.25, 0.3) is 12.2 Å². The number of benzene rings is 3. The predicted molar refractivity (Wildman–Crippen MR) is 137 cm³/mol. The first-order chi connectivity index (χ1) is 17.4. The Bertz CT molecular complexity index is 1290. The van der Waals surface area contributed by atoms with Gasteiger partial charge in [0.25, 0.3) is 0 Å². The monoisotopic (exact) mass is 492 g/mol. The second-order valence-corrected chi connectivity index (χ2v) is 7.32. The Morgan fingerprint density at radius 1 is 0.889 bits per heavy atom. The molecule has 0 saturated heterocycles. The summed E-state index contributed by atoms with van der Waals surface area (Å²) in [6.07, 6.45) is 6.12. The van der Waals surface area contributed by atoms with E-state index in [4.69, 9.17) is 18.9 Å². The molecule has 0 radical (unpaired) electrons. The van der Waals surface area contributed by atoms with E-state index in [0.717, 1.165) is 11.6 Å². The van der Waals surface area contributed by atoms with Gasteiger partial charge in [0.2, 0.25) is 5.75 Å². The minimum atomic E-state index is -0.512. The van der Waals surface area contributed by atoms with Crippen molar-refractivity contribution in [2.45, 2.75) is 0 Å². The minimum Gasteiger partial charge on any atom is -0.494 e. The number of halogens is 1. The number of ether oxygens (including phenoxy) is 4. The Morgan fingerprint density at radius 2 is 1.58 bits per heavy atom. The summed E-state index contributed by atoms with van der Waals surface area (Å²) >= 11 is 0. The van der Waals surface area contributed by atoms with Gasteiger partial charge in [0.15, 0.2) is 23.0 Å². The standard InChI is InChI=1S/C27H25FN2O6/c1-33-22-11-10-18(9-8-17-14-23(34-2)27(36-4)24(15-17)35-3)25(26(22)30-32)29-13-12-21(31)19-6-5-7-20(28)16-19/h5-16,29H,1-4H3/b9-8-,13-12-. The number of nitrogens with one attached hydrogen (secondary N) is 1. The van der Waals surface area contributed by atoms with Gasteiger partial charge in [-0.05, 0) is 47.1 Å². The van der Waals surface area contributed by atoms with E-state index in [2.05, 4.69) is 10.5 Å². The first-order valence-electron chi connectivity index (χ1n) is 10.7. The van der Waals surface area contributed by atoms with Gasteiger partial charge < -0.3 is 24.3 Å². The van der Waals surface area contributed by atoms with Crippen molar-refractivity contribution in [1.29, 1.82) is 0 Å². The lowest BCUT2D eigenvalue weighted by Crippen LogP contribution is -1.99. The average Bonchev–Trinajstić information content (AvgIpc) is 2.90. The first kappa shape index (κ1) is 26.0. The molecule has 0 aliphatic carbocycles. The molecule has 0 unspecified atom stereocenters. The molecule has 1 N–H and O–H groups in total. The van der Waals surface area contributed by atoms with Crippen molar-refractivity contribution in [2.75, 3.05) is 33.8 Å². The van der Waals surface area contributed by atoms with Crippen LogP contribution >= 0.6 is 0 Å². The van der Waals surface area contributed by atoms with Crippen LogP contribution in [0.4, 0.5) is 15.8 Å². The summed E-state index contributed by atoms with van der Waals surface area (Å²) in [5, 5.41) is 6.04. The number of hydrogen-bond donors (Lipinski definition) is 1. The number of carbonyl (C=O) groups is 1. The third-order valence-corrected chi connectivity index (χ3v) is 5.20. The summed E-state index contributed by atoms with van der Waals surface area (Å²) in [4.78, 5) is 24.0. The molecule has 0 amide bonds. The molecular weight excluding hydrogens is 467 g/mol. The molecule has 36 heavy (non-hydrogen) atoms. The molecular formula is C27H25FN2O6. The van der Waals surface area contributed by atoms with Crippen molar-refractivity contribution in [2.24, 2.45) is 5.18 Å². The summed E-state index contributed by atoms with van der Waals surface area (Å²) in [5.74, 6) is 0.755. The Morgan fingerprint density at radius 3 is 2.17 bits per heavy atom. The van der Waals surface area contributed by atoms with Crippen LogP contribution in [-0.2, 0) is 0 Å². The zero-order chi connectivity index (χ0) is 26.1. The number of methoxy groups -OCH3 is 4. The summed E-state index contributed by atoms with van der Waals surface area (Å²) in [7, 11) is 5.99. The molecule has 0 bridgehead atoms. The number of nitrogens with zero attached hydrogens (tertiary/aromatic N) is 1. The summed E-state index contributed by atoms with van der Waals surface area (Å²) < 4.78 is 34.8. The van der Waals surface area contributed by atoms with E-state index >= 15 is 0 Å². The Hall–Kier alpha value is -4.66. The summed E-state index contributed by atoms with van der Waals surface area (Å²) in [5.41, 5.74) is 1.85. The number of nitroso groups, excluding NO2 is 1. The third-order valence-electron chi connectivity index (χ3n) is 5.20. The lowest BCUT2D eigenvalue weighted by Gasteiger charge is -2.13. The fourth-order valence-corrected chi connectivity index (χ4v) is 3.46. The van der Waals surface area contributed by atoms with Gasteiger partial charge in [-0.15, -0.1) is 4.91 Å². The highest BCUT2D eigenvalue weighted by atomic mass is 19.1. The molecule has 3 aromatic rings. The molecule has 0 spiro atoms. The van der Waals surface area contributed by atoms with Gasteiger partial charge in [-0.25, -0.2) is 4.39 Å². The van der Waals surface area contributed by atoms with Crippen molar-refractivity contribution in [3.8, 4) is 23.0 Å². The van der Waals surface area contributed by atoms with E-state index in [1.165, 1.54) is 58.9 Å². The normalized spacial score (nSPS) is 10.9. The Balaban J connectivity index is 1.97. The maximum atomic E-state index is 13.4. The number of anilines is 1. The van der Waals surface area contributed by atoms with E-state index in [-0.39, 0.29) is 17.0 Å². The summed E-state index contributed by atoms with van der Waals surface area (Å²) in [6.45, 7) is 0. The minimum absolute atomic E-state index is 0.0207. The highest BCUT2D eigenvalue weighted by Crippen LogP contribution is 2.41. The van der Waals surface area contributed by atoms with E-state index in [1.807, 2.05) is 0 Å². The van der Waals surface area contributed by atoms with Crippen molar-refractivity contribution < 1.29 is 28.1 Å². The third kappa shape index (κ3) is 5.87. The molecule has 0 atom stereocenters. The van der Waals surface area contributed by atoms with Crippen molar-refractivity contribution >= 4 is 29.3 Å². The topological polar surface area (TPSA) is 95.5 Å². The lowest BCUT2D eigenvalue weighted by atomic mass is 10.1. The zero-order valence-electron chi connectivity index (χ0n) is 20.2. The van der Waals surface area contributed by atoms with Gasteiger partial charge >= 0.3 is 0 Å². The smallest absolute Gasteiger partial charge is 0.203 e. The van der Waals surface area contributed by atoms with Crippen LogP contribution < -0.4 is 24.3 Å². The number of ketones is 1. The van der Waals surface area contributed by atoms with Crippen LogP contribution in [0.15, 0.2) is 66.0 Å². The van der Waals surface area contributed by atoms with Crippen LogP contribution in [0.1, 0.15) is 21.5 Å². The van der Waals surface area contributed by atoms with Crippen LogP contribution in [0, 0.1) is 10.7 Å². The van der Waals surface area contributed by atoms with Gasteiger partial charge in [0, 0.05) is 23.4 Å². The molecule has 186 valence electrons. The van der Waals surface area contributed by atoms with Gasteiger partial charge in [-0.2, -0.15) is 0 Å². The van der Waals surface area contributed by atoms with Gasteiger partial charge in [0.05, 0.1) is 34.1 Å². The molecule has 0 fully saturated rings. The fraction of sp³-hybridized carbons (Fsp3) is 0.148. The second-order valence-electron chi connectivity index (χ2n) is 7.32. The van der Waals surface area contributed by atoms with Gasteiger partial charge in [-0.1, -0.05) is 24.3 Å². The van der Waals surface area contributed by atoms with Crippen LogP contribution in [0.5, 0.6) is 23.0 Å². The van der Waals surface area contributed by atoms with Crippen LogP contribution in [0.3, 0.4) is 0 Å². The molecule has 0 heterocycles. The molecule has 0 aliphatic rings. The molecule has 0 saturated carbocycles. The SMILES string of the molecule is COc1ccc(/C=C\c2cc(OC)c(OC)c(OC)c2)c(N/C=C\C(=O)c2cccc(F)c2)c1N=O. The van der Waals surface area contributed by atoms with E-state index < -0.39 is 11.6 Å². The zero-order valence-corrected chi connectivity index (χ0v) is 20.2. The molecule has 3 aromatic carbocycles. The van der Waals surface area contributed by atoms with E-state index in [9.17, 15) is 14.1 Å². The highest BCUT2D eigenvalue weighted by Gasteiger charge is 2.15. The maximum absolute atomic E-state index is 13.4. The van der Waals surface area contributed by atoms with E-state index in [1.54, 1.807) is 36.4 Å². The van der Waals surface area contributed by atoms with Gasteiger partial charge in [-0.3, -0.25) is 4.79 Å². The highest BCUT2D eigenvalue weighted by molar-refractivity contribution is 6.04. The number of carbonyl (C=O) groups excluding carboxylic acids is 1. The average molecular weight is 493 g/mol. The van der Waals surface area contributed by atoms with E-state index in [0.29, 0.717) is 28.5 Å².